The van der Waals surface area contributed by atoms with Gasteiger partial charge in [0.05, 0.1) is 5.69 Å². The molecule has 0 unspecified atom stereocenters. The number of amides is 4. The van der Waals surface area contributed by atoms with Crippen molar-refractivity contribution in [1.29, 1.82) is 0 Å². The van der Waals surface area contributed by atoms with Crippen molar-refractivity contribution in [3.05, 3.63) is 70.3 Å². The standard InChI is InChI=1S/C20H18N2O3/c1-12-8-13(2)10-16(9-12)22-19(24)17(18(23)21-20(22)25)11-15-7-5-4-6-14(15)3/h4-11H,1-3H3,(H,21,23,25). The van der Waals surface area contributed by atoms with Crippen LogP contribution < -0.4 is 10.2 Å². The topological polar surface area (TPSA) is 66.5 Å². The number of hydrogen-bond acceptors (Lipinski definition) is 3. The maximum atomic E-state index is 12.9. The number of benzene rings is 2. The average Bonchev–Trinajstić information content (AvgIpc) is 2.52. The van der Waals surface area contributed by atoms with Crippen LogP contribution in [0.2, 0.25) is 0 Å². The maximum absolute atomic E-state index is 12.9. The molecular formula is C20H18N2O3. The lowest BCUT2D eigenvalue weighted by molar-refractivity contribution is -0.122. The number of nitrogens with one attached hydrogen (secondary N) is 1. The van der Waals surface area contributed by atoms with Gasteiger partial charge in [0.25, 0.3) is 11.8 Å². The maximum Gasteiger partial charge on any atom is 0.335 e. The summed E-state index contributed by atoms with van der Waals surface area (Å²) in [5.74, 6) is -1.30. The molecular weight excluding hydrogens is 316 g/mol. The zero-order valence-electron chi connectivity index (χ0n) is 14.3. The normalized spacial score (nSPS) is 16.4. The van der Waals surface area contributed by atoms with Crippen molar-refractivity contribution in [1.82, 2.24) is 5.32 Å². The lowest BCUT2D eigenvalue weighted by Crippen LogP contribution is -2.54. The Kier molecular flexibility index (Phi) is 4.23. The molecule has 1 fully saturated rings. The Morgan fingerprint density at radius 1 is 0.920 bits per heavy atom. The predicted molar refractivity (Wildman–Crippen MR) is 96.1 cm³/mol. The zero-order valence-corrected chi connectivity index (χ0v) is 14.3. The minimum atomic E-state index is -0.734. The second-order valence-electron chi connectivity index (χ2n) is 6.16. The summed E-state index contributed by atoms with van der Waals surface area (Å²) in [6, 6.07) is 12.1. The fourth-order valence-electron chi connectivity index (χ4n) is 2.88. The molecule has 0 aliphatic carbocycles. The molecule has 126 valence electrons. The summed E-state index contributed by atoms with van der Waals surface area (Å²) in [6.45, 7) is 5.67. The van der Waals surface area contributed by atoms with Gasteiger partial charge in [0.2, 0.25) is 0 Å². The third kappa shape index (κ3) is 3.21. The summed E-state index contributed by atoms with van der Waals surface area (Å²) in [5.41, 5.74) is 3.94. The number of carbonyl (C=O) groups excluding carboxylic acids is 3. The van der Waals surface area contributed by atoms with E-state index in [1.54, 1.807) is 12.1 Å². The number of imide groups is 2. The molecule has 25 heavy (non-hydrogen) atoms. The fourth-order valence-corrected chi connectivity index (χ4v) is 2.88. The first-order valence-electron chi connectivity index (χ1n) is 7.92. The molecule has 4 amide bonds. The van der Waals surface area contributed by atoms with Gasteiger partial charge < -0.3 is 0 Å². The molecule has 2 aromatic rings. The number of rotatable bonds is 2. The van der Waals surface area contributed by atoms with Crippen molar-refractivity contribution >= 4 is 29.6 Å². The molecule has 0 saturated carbocycles. The van der Waals surface area contributed by atoms with Crippen molar-refractivity contribution < 1.29 is 14.4 Å². The molecule has 0 spiro atoms. The molecule has 1 saturated heterocycles. The van der Waals surface area contributed by atoms with Gasteiger partial charge in [-0.15, -0.1) is 0 Å². The number of carbonyl (C=O) groups is 3. The predicted octanol–water partition coefficient (Wildman–Crippen LogP) is 3.28. The van der Waals surface area contributed by atoms with Crippen molar-refractivity contribution in [2.45, 2.75) is 20.8 Å². The van der Waals surface area contributed by atoms with Gasteiger partial charge in [0, 0.05) is 0 Å². The molecule has 0 bridgehead atoms. The van der Waals surface area contributed by atoms with Gasteiger partial charge in [-0.1, -0.05) is 30.3 Å². The largest absolute Gasteiger partial charge is 0.335 e. The van der Waals surface area contributed by atoms with E-state index in [0.29, 0.717) is 5.69 Å². The van der Waals surface area contributed by atoms with E-state index in [1.807, 2.05) is 51.1 Å². The molecule has 1 N–H and O–H groups in total. The summed E-state index contributed by atoms with van der Waals surface area (Å²) in [5, 5.41) is 2.25. The number of anilines is 1. The van der Waals surface area contributed by atoms with Crippen molar-refractivity contribution in [3.63, 3.8) is 0 Å². The van der Waals surface area contributed by atoms with Crippen LogP contribution in [0.4, 0.5) is 10.5 Å². The molecule has 3 rings (SSSR count). The van der Waals surface area contributed by atoms with Crippen LogP contribution >= 0.6 is 0 Å². The number of barbiturate groups is 1. The summed E-state index contributed by atoms with van der Waals surface area (Å²) >= 11 is 0. The second kappa shape index (κ2) is 6.36. The highest BCUT2D eigenvalue weighted by molar-refractivity contribution is 6.39. The van der Waals surface area contributed by atoms with Crippen LogP contribution in [0.15, 0.2) is 48.0 Å². The van der Waals surface area contributed by atoms with E-state index >= 15 is 0 Å². The highest BCUT2D eigenvalue weighted by Crippen LogP contribution is 2.24. The number of hydrogen-bond donors (Lipinski definition) is 1. The minimum absolute atomic E-state index is 0.0620. The van der Waals surface area contributed by atoms with Crippen LogP contribution in [0.1, 0.15) is 22.3 Å². The van der Waals surface area contributed by atoms with Crippen LogP contribution in [0.25, 0.3) is 6.08 Å². The van der Waals surface area contributed by atoms with Crippen molar-refractivity contribution in [2.75, 3.05) is 4.90 Å². The van der Waals surface area contributed by atoms with E-state index in [2.05, 4.69) is 5.32 Å². The molecule has 1 heterocycles. The molecule has 5 nitrogen and oxygen atoms in total. The van der Waals surface area contributed by atoms with Crippen LogP contribution in [0.5, 0.6) is 0 Å². The minimum Gasteiger partial charge on any atom is -0.273 e. The van der Waals surface area contributed by atoms with E-state index < -0.39 is 17.8 Å². The Morgan fingerprint density at radius 3 is 2.20 bits per heavy atom. The molecule has 1 aliphatic heterocycles. The smallest absolute Gasteiger partial charge is 0.273 e. The number of urea groups is 1. The van der Waals surface area contributed by atoms with Crippen molar-refractivity contribution in [3.8, 4) is 0 Å². The SMILES string of the molecule is Cc1cc(C)cc(N2C(=O)NC(=O)C(=Cc3ccccc3C)C2=O)c1. The van der Waals surface area contributed by atoms with Gasteiger partial charge in [-0.3, -0.25) is 14.9 Å². The van der Waals surface area contributed by atoms with E-state index in [1.165, 1.54) is 6.08 Å². The average molecular weight is 334 g/mol. The van der Waals surface area contributed by atoms with Crippen LogP contribution in [-0.4, -0.2) is 17.8 Å². The van der Waals surface area contributed by atoms with Crippen LogP contribution in [0, 0.1) is 20.8 Å². The lowest BCUT2D eigenvalue weighted by Gasteiger charge is -2.27. The summed E-state index contributed by atoms with van der Waals surface area (Å²) in [4.78, 5) is 38.3. The lowest BCUT2D eigenvalue weighted by atomic mass is 10.0. The Bertz CT molecular complexity index is 908. The first kappa shape index (κ1) is 16.6. The Hall–Kier alpha value is -3.21. The Labute approximate surface area is 146 Å². The summed E-state index contributed by atoms with van der Waals surface area (Å²) in [6.07, 6.45) is 1.52. The summed E-state index contributed by atoms with van der Waals surface area (Å²) < 4.78 is 0. The van der Waals surface area contributed by atoms with Gasteiger partial charge in [-0.05, 0) is 61.2 Å². The third-order valence-corrected chi connectivity index (χ3v) is 4.05. The zero-order chi connectivity index (χ0) is 18.1. The van der Waals surface area contributed by atoms with Gasteiger partial charge in [-0.25, -0.2) is 9.69 Å². The van der Waals surface area contributed by atoms with E-state index in [9.17, 15) is 14.4 Å². The fraction of sp³-hybridized carbons (Fsp3) is 0.150. The number of aryl methyl sites for hydroxylation is 3. The third-order valence-electron chi connectivity index (χ3n) is 4.05. The van der Waals surface area contributed by atoms with Gasteiger partial charge in [0.15, 0.2) is 0 Å². The first-order valence-corrected chi connectivity index (χ1v) is 7.92. The molecule has 5 heteroatoms. The summed E-state index contributed by atoms with van der Waals surface area (Å²) in [7, 11) is 0. The molecule has 0 radical (unpaired) electrons. The van der Waals surface area contributed by atoms with Crippen LogP contribution in [0.3, 0.4) is 0 Å². The Balaban J connectivity index is 2.07. The highest BCUT2D eigenvalue weighted by Gasteiger charge is 2.36. The van der Waals surface area contributed by atoms with E-state index in [4.69, 9.17) is 0 Å². The van der Waals surface area contributed by atoms with Crippen molar-refractivity contribution in [2.24, 2.45) is 0 Å². The highest BCUT2D eigenvalue weighted by atomic mass is 16.2. The quantitative estimate of drug-likeness (QED) is 0.677. The van der Waals surface area contributed by atoms with Gasteiger partial charge in [-0.2, -0.15) is 0 Å². The van der Waals surface area contributed by atoms with Gasteiger partial charge >= 0.3 is 6.03 Å². The molecule has 2 aromatic carbocycles. The van der Waals surface area contributed by atoms with E-state index in [0.717, 1.165) is 27.2 Å². The molecule has 0 aromatic heterocycles. The molecule has 1 aliphatic rings. The monoisotopic (exact) mass is 334 g/mol. The van der Waals surface area contributed by atoms with E-state index in [-0.39, 0.29) is 5.57 Å². The van der Waals surface area contributed by atoms with Crippen LogP contribution in [-0.2, 0) is 9.59 Å². The Morgan fingerprint density at radius 2 is 1.56 bits per heavy atom. The number of nitrogens with zero attached hydrogens (tertiary/aromatic N) is 1. The van der Waals surface area contributed by atoms with Gasteiger partial charge in [0.1, 0.15) is 5.57 Å². The first-order chi connectivity index (χ1) is 11.9. The molecule has 0 atom stereocenters. The second-order valence-corrected chi connectivity index (χ2v) is 6.16.